The van der Waals surface area contributed by atoms with Gasteiger partial charge in [-0.25, -0.2) is 5.48 Å². The van der Waals surface area contributed by atoms with Crippen molar-refractivity contribution < 1.29 is 14.4 Å². The van der Waals surface area contributed by atoms with Gasteiger partial charge in [0, 0.05) is 12.3 Å². The van der Waals surface area contributed by atoms with E-state index in [9.17, 15) is 4.79 Å². The molecule has 0 radical (unpaired) electrons. The molecule has 1 aromatic heterocycles. The van der Waals surface area contributed by atoms with Gasteiger partial charge >= 0.3 is 0 Å². The molecule has 1 amide bonds. The number of amides is 1. The predicted octanol–water partition coefficient (Wildman–Crippen LogP) is 0.268. The van der Waals surface area contributed by atoms with Crippen LogP contribution >= 0.6 is 0 Å². The summed E-state index contributed by atoms with van der Waals surface area (Å²) >= 11 is 0. The molecule has 0 saturated carbocycles. The molecule has 0 saturated heterocycles. The van der Waals surface area contributed by atoms with Crippen LogP contribution in [0.3, 0.4) is 0 Å². The van der Waals surface area contributed by atoms with Gasteiger partial charge in [-0.3, -0.25) is 14.6 Å². The normalized spacial score (nSPS) is 9.31. The zero-order valence-electron chi connectivity index (χ0n) is 7.19. The van der Waals surface area contributed by atoms with Crippen LogP contribution in [-0.4, -0.2) is 18.5 Å². The lowest BCUT2D eigenvalue weighted by Gasteiger charge is -2.02. The van der Waals surface area contributed by atoms with Gasteiger partial charge < -0.3 is 4.74 Å². The molecule has 0 spiro atoms. The number of hydrogen-bond donors (Lipinski definition) is 1. The highest BCUT2D eigenvalue weighted by atomic mass is 16.6. The molecular weight excluding hydrogens is 172 g/mol. The molecule has 0 unspecified atom stereocenters. The van der Waals surface area contributed by atoms with E-state index in [1.165, 1.54) is 0 Å². The predicted molar refractivity (Wildman–Crippen MR) is 44.8 cm³/mol. The van der Waals surface area contributed by atoms with Crippen LogP contribution in [0.1, 0.15) is 5.69 Å². The van der Waals surface area contributed by atoms with Crippen molar-refractivity contribution in [3.8, 4) is 5.75 Å². The molecule has 1 N–H and O–H groups in total. The van der Waals surface area contributed by atoms with Gasteiger partial charge in [-0.15, -0.1) is 0 Å². The summed E-state index contributed by atoms with van der Waals surface area (Å²) in [6, 6.07) is 3.46. The monoisotopic (exact) mass is 182 g/mol. The highest BCUT2D eigenvalue weighted by Gasteiger charge is 1.96. The van der Waals surface area contributed by atoms with Crippen molar-refractivity contribution in [3.63, 3.8) is 0 Å². The van der Waals surface area contributed by atoms with Crippen molar-refractivity contribution >= 4 is 6.41 Å². The first kappa shape index (κ1) is 9.47. The maximum atomic E-state index is 9.84. The molecule has 5 nitrogen and oxygen atoms in total. The lowest BCUT2D eigenvalue weighted by atomic mass is 10.3. The molecule has 1 rings (SSSR count). The fourth-order valence-electron chi connectivity index (χ4n) is 0.812. The van der Waals surface area contributed by atoms with Crippen molar-refractivity contribution in [2.45, 2.75) is 6.61 Å². The van der Waals surface area contributed by atoms with Gasteiger partial charge in [-0.2, -0.15) is 0 Å². The second-order valence-electron chi connectivity index (χ2n) is 2.21. The van der Waals surface area contributed by atoms with Crippen LogP contribution in [-0.2, 0) is 16.2 Å². The van der Waals surface area contributed by atoms with E-state index in [0.29, 0.717) is 17.9 Å². The Morgan fingerprint density at radius 1 is 1.69 bits per heavy atom. The summed E-state index contributed by atoms with van der Waals surface area (Å²) in [7, 11) is 1.57. The van der Waals surface area contributed by atoms with Gasteiger partial charge in [0.2, 0.25) is 6.41 Å². The minimum Gasteiger partial charge on any atom is -0.497 e. The van der Waals surface area contributed by atoms with Gasteiger partial charge in [-0.1, -0.05) is 0 Å². The third-order valence-electron chi connectivity index (χ3n) is 1.38. The summed E-state index contributed by atoms with van der Waals surface area (Å²) in [4.78, 5) is 18.6. The number of pyridine rings is 1. The zero-order chi connectivity index (χ0) is 9.52. The van der Waals surface area contributed by atoms with Gasteiger partial charge in [0.1, 0.15) is 12.4 Å². The minimum atomic E-state index is 0.218. The van der Waals surface area contributed by atoms with Crippen molar-refractivity contribution in [2.24, 2.45) is 0 Å². The van der Waals surface area contributed by atoms with E-state index in [0.717, 1.165) is 0 Å². The molecule has 0 aliphatic carbocycles. The molecule has 1 aromatic rings. The number of nitrogens with one attached hydrogen (secondary N) is 1. The van der Waals surface area contributed by atoms with Crippen LogP contribution < -0.4 is 10.2 Å². The molecule has 70 valence electrons. The average Bonchev–Trinajstić information content (AvgIpc) is 2.19. The number of methoxy groups -OCH3 is 1. The Labute approximate surface area is 75.6 Å². The Bertz CT molecular complexity index is 278. The molecule has 0 aliphatic rings. The largest absolute Gasteiger partial charge is 0.497 e. The number of rotatable bonds is 5. The van der Waals surface area contributed by atoms with Crippen molar-refractivity contribution in [2.75, 3.05) is 7.11 Å². The number of carbonyl (C=O) groups is 1. The molecule has 13 heavy (non-hydrogen) atoms. The van der Waals surface area contributed by atoms with Crippen molar-refractivity contribution in [1.29, 1.82) is 0 Å². The summed E-state index contributed by atoms with van der Waals surface area (Å²) in [5.41, 5.74) is 2.76. The van der Waals surface area contributed by atoms with Crippen LogP contribution in [0.4, 0.5) is 0 Å². The second-order valence-corrected chi connectivity index (χ2v) is 2.21. The molecule has 0 fully saturated rings. The van der Waals surface area contributed by atoms with Gasteiger partial charge in [-0.05, 0) is 6.07 Å². The van der Waals surface area contributed by atoms with Crippen LogP contribution in [0.5, 0.6) is 5.75 Å². The highest BCUT2D eigenvalue weighted by molar-refractivity contribution is 5.43. The maximum Gasteiger partial charge on any atom is 0.230 e. The quantitative estimate of drug-likeness (QED) is 0.403. The molecule has 0 aliphatic heterocycles. The molecule has 0 atom stereocenters. The van der Waals surface area contributed by atoms with Crippen LogP contribution in [0.25, 0.3) is 0 Å². The van der Waals surface area contributed by atoms with E-state index in [2.05, 4.69) is 10.5 Å². The summed E-state index contributed by atoms with van der Waals surface area (Å²) < 4.78 is 4.98. The summed E-state index contributed by atoms with van der Waals surface area (Å²) in [5.74, 6) is 0.708. The van der Waals surface area contributed by atoms with E-state index in [-0.39, 0.29) is 6.61 Å². The van der Waals surface area contributed by atoms with Gasteiger partial charge in [0.15, 0.2) is 0 Å². The lowest BCUT2D eigenvalue weighted by molar-refractivity contribution is -0.121. The molecule has 0 bridgehead atoms. The lowest BCUT2D eigenvalue weighted by Crippen LogP contribution is -2.11. The fraction of sp³-hybridized carbons (Fsp3) is 0.250. The molecule has 0 aromatic carbocycles. The second kappa shape index (κ2) is 5.10. The third kappa shape index (κ3) is 3.08. The SMILES string of the molecule is COc1ccnc(CONC=O)c1. The average molecular weight is 182 g/mol. The summed E-state index contributed by atoms with van der Waals surface area (Å²) in [6.45, 7) is 0.218. The van der Waals surface area contributed by atoms with E-state index in [1.54, 1.807) is 25.4 Å². The Balaban J connectivity index is 2.50. The first-order valence-corrected chi connectivity index (χ1v) is 3.66. The number of carbonyl (C=O) groups excluding carboxylic acids is 1. The van der Waals surface area contributed by atoms with Gasteiger partial charge in [0.25, 0.3) is 0 Å². The highest BCUT2D eigenvalue weighted by Crippen LogP contribution is 2.09. The minimum absolute atomic E-state index is 0.218. The number of hydrogen-bond acceptors (Lipinski definition) is 4. The van der Waals surface area contributed by atoms with E-state index >= 15 is 0 Å². The van der Waals surface area contributed by atoms with Crippen LogP contribution in [0.15, 0.2) is 18.3 Å². The third-order valence-corrected chi connectivity index (χ3v) is 1.38. The van der Waals surface area contributed by atoms with Crippen LogP contribution in [0.2, 0.25) is 0 Å². The van der Waals surface area contributed by atoms with Gasteiger partial charge in [0.05, 0.1) is 12.8 Å². The molecular formula is C8H10N2O3. The summed E-state index contributed by atoms with van der Waals surface area (Å²) in [6.07, 6.45) is 2.07. The van der Waals surface area contributed by atoms with E-state index in [4.69, 9.17) is 9.57 Å². The van der Waals surface area contributed by atoms with Crippen molar-refractivity contribution in [1.82, 2.24) is 10.5 Å². The van der Waals surface area contributed by atoms with Crippen molar-refractivity contribution in [3.05, 3.63) is 24.0 Å². The number of hydroxylamine groups is 1. The fourth-order valence-corrected chi connectivity index (χ4v) is 0.812. The Hall–Kier alpha value is -1.62. The molecule has 5 heteroatoms. The topological polar surface area (TPSA) is 60.5 Å². The van der Waals surface area contributed by atoms with E-state index < -0.39 is 0 Å². The maximum absolute atomic E-state index is 9.84. The first-order chi connectivity index (χ1) is 6.36. The standard InChI is InChI=1S/C8H10N2O3/c1-12-8-2-3-9-7(4-8)5-13-10-6-11/h2-4,6H,5H2,1H3,(H,10,11). The summed E-state index contributed by atoms with van der Waals surface area (Å²) in [5, 5.41) is 0. The molecule has 1 heterocycles. The number of aromatic nitrogens is 1. The Kier molecular flexibility index (Phi) is 3.72. The number of ether oxygens (including phenoxy) is 1. The zero-order valence-corrected chi connectivity index (χ0v) is 7.19. The smallest absolute Gasteiger partial charge is 0.230 e. The Morgan fingerprint density at radius 3 is 3.23 bits per heavy atom. The first-order valence-electron chi connectivity index (χ1n) is 3.66. The van der Waals surface area contributed by atoms with E-state index in [1.807, 2.05) is 0 Å². The number of nitrogens with zero attached hydrogens (tertiary/aromatic N) is 1. The van der Waals surface area contributed by atoms with Crippen LogP contribution in [0, 0.1) is 0 Å². The Morgan fingerprint density at radius 2 is 2.54 bits per heavy atom.